The predicted molar refractivity (Wildman–Crippen MR) is 111 cm³/mol. The van der Waals surface area contributed by atoms with E-state index in [1.54, 1.807) is 13.8 Å². The third-order valence-electron chi connectivity index (χ3n) is 3.87. The van der Waals surface area contributed by atoms with Crippen molar-refractivity contribution < 1.29 is 22.7 Å². The third kappa shape index (κ3) is 4.62. The normalized spacial score (nSPS) is 19.8. The maximum Gasteiger partial charge on any atom is 0.364 e. The highest BCUT2D eigenvalue weighted by Crippen LogP contribution is 2.69. The van der Waals surface area contributed by atoms with Gasteiger partial charge in [0, 0.05) is 0 Å². The van der Waals surface area contributed by atoms with Gasteiger partial charge in [-0.15, -0.1) is 0 Å². The van der Waals surface area contributed by atoms with Crippen molar-refractivity contribution in [3.8, 4) is 5.75 Å². The molecule has 1 aliphatic rings. The molecule has 2 atom stereocenters. The van der Waals surface area contributed by atoms with Crippen molar-refractivity contribution in [3.05, 3.63) is 59.7 Å². The fourth-order valence-corrected chi connectivity index (χ4v) is 7.55. The highest BCUT2D eigenvalue weighted by Gasteiger charge is 2.44. The summed E-state index contributed by atoms with van der Waals surface area (Å²) < 4.78 is 36.7. The zero-order valence-corrected chi connectivity index (χ0v) is 18.1. The van der Waals surface area contributed by atoms with Gasteiger partial charge in [0.25, 0.3) is 0 Å². The molecule has 0 fully saturated rings. The highest BCUT2D eigenvalue weighted by molar-refractivity contribution is 8.11. The SMILES string of the molecule is CCOP(=O)(OCC)C(OP1(=S)Nc2ccccc2O1)c1ccc(C)cc1. The van der Waals surface area contributed by atoms with Crippen LogP contribution in [0.4, 0.5) is 5.69 Å². The molecule has 2 aromatic rings. The fraction of sp³-hybridized carbons (Fsp3) is 0.333. The van der Waals surface area contributed by atoms with Crippen LogP contribution in [0.25, 0.3) is 0 Å². The van der Waals surface area contributed by atoms with E-state index in [0.29, 0.717) is 11.3 Å². The first kappa shape index (κ1) is 20.5. The average molecular weight is 427 g/mol. The monoisotopic (exact) mass is 427 g/mol. The van der Waals surface area contributed by atoms with Gasteiger partial charge in [-0.25, -0.2) is 0 Å². The van der Waals surface area contributed by atoms with Gasteiger partial charge >= 0.3 is 14.2 Å². The molecular formula is C18H23NO5P2S. The Morgan fingerprint density at radius 2 is 1.74 bits per heavy atom. The van der Waals surface area contributed by atoms with Crippen LogP contribution in [0.3, 0.4) is 0 Å². The molecule has 0 spiro atoms. The zero-order chi connectivity index (χ0) is 19.5. The summed E-state index contributed by atoms with van der Waals surface area (Å²) in [5, 5.41) is 3.13. The van der Waals surface area contributed by atoms with Crippen LogP contribution in [-0.2, 0) is 29.9 Å². The van der Waals surface area contributed by atoms with Crippen molar-refractivity contribution in [2.45, 2.75) is 26.6 Å². The number of rotatable bonds is 8. The van der Waals surface area contributed by atoms with Crippen molar-refractivity contribution in [1.82, 2.24) is 0 Å². The van der Waals surface area contributed by atoms with Gasteiger partial charge in [0.05, 0.1) is 18.9 Å². The van der Waals surface area contributed by atoms with Crippen LogP contribution in [0.2, 0.25) is 0 Å². The Morgan fingerprint density at radius 1 is 1.11 bits per heavy atom. The Hall–Kier alpha value is -1.20. The largest absolute Gasteiger partial charge is 0.427 e. The van der Waals surface area contributed by atoms with Crippen molar-refractivity contribution in [1.29, 1.82) is 0 Å². The molecule has 9 heteroatoms. The summed E-state index contributed by atoms with van der Waals surface area (Å²) in [6, 6.07) is 14.9. The van der Waals surface area contributed by atoms with Crippen molar-refractivity contribution in [3.63, 3.8) is 0 Å². The molecule has 27 heavy (non-hydrogen) atoms. The summed E-state index contributed by atoms with van der Waals surface area (Å²) in [5.74, 6) is -0.378. The van der Waals surface area contributed by atoms with Crippen LogP contribution in [0.15, 0.2) is 48.5 Å². The van der Waals surface area contributed by atoms with Crippen molar-refractivity contribution >= 4 is 31.7 Å². The Balaban J connectivity index is 1.96. The van der Waals surface area contributed by atoms with Gasteiger partial charge in [-0.3, -0.25) is 9.09 Å². The second-order valence-corrected chi connectivity index (χ2v) is 11.1. The number of aryl methyl sites for hydroxylation is 1. The van der Waals surface area contributed by atoms with E-state index in [2.05, 4.69) is 5.09 Å². The van der Waals surface area contributed by atoms with Crippen LogP contribution >= 0.6 is 14.2 Å². The third-order valence-corrected chi connectivity index (χ3v) is 8.45. The van der Waals surface area contributed by atoms with Gasteiger partial charge in [0.1, 0.15) is 0 Å². The molecule has 0 saturated carbocycles. The van der Waals surface area contributed by atoms with Crippen LogP contribution < -0.4 is 9.61 Å². The molecule has 2 unspecified atom stereocenters. The summed E-state index contributed by atoms with van der Waals surface area (Å²) in [5.41, 5.74) is 2.49. The van der Waals surface area contributed by atoms with E-state index in [4.69, 9.17) is 29.9 Å². The van der Waals surface area contributed by atoms with E-state index < -0.39 is 20.1 Å². The molecule has 1 heterocycles. The van der Waals surface area contributed by atoms with Crippen molar-refractivity contribution in [2.24, 2.45) is 0 Å². The standard InChI is InChI=1S/C18H23NO5P2S/c1-4-21-25(20,22-5-2)18(15-12-10-14(3)11-13-15)24-26(27)19-16-8-6-7-9-17(16)23-26/h6-13,18H,4-5H2,1-3H3,(H,19,27). The molecule has 0 aliphatic carbocycles. The smallest absolute Gasteiger partial charge is 0.364 e. The lowest BCUT2D eigenvalue weighted by atomic mass is 10.2. The fourth-order valence-electron chi connectivity index (χ4n) is 2.68. The number of fused-ring (bicyclic) bond motifs is 1. The Bertz CT molecular complexity index is 851. The van der Waals surface area contributed by atoms with E-state index in [-0.39, 0.29) is 13.2 Å². The summed E-state index contributed by atoms with van der Waals surface area (Å²) in [4.78, 5) is 0. The van der Waals surface area contributed by atoms with Gasteiger partial charge in [-0.1, -0.05) is 42.0 Å². The Morgan fingerprint density at radius 3 is 2.33 bits per heavy atom. The van der Waals surface area contributed by atoms with Crippen LogP contribution in [0.5, 0.6) is 5.75 Å². The second kappa shape index (κ2) is 8.44. The molecule has 146 valence electrons. The lowest BCUT2D eigenvalue weighted by Crippen LogP contribution is -2.12. The second-order valence-electron chi connectivity index (χ2n) is 5.94. The van der Waals surface area contributed by atoms with E-state index in [9.17, 15) is 4.57 Å². The topological polar surface area (TPSA) is 66.0 Å². The average Bonchev–Trinajstić information content (AvgIpc) is 2.97. The molecule has 0 aromatic heterocycles. The first-order chi connectivity index (χ1) is 12.9. The quantitative estimate of drug-likeness (QED) is 0.518. The van der Waals surface area contributed by atoms with E-state index in [0.717, 1.165) is 11.3 Å². The maximum atomic E-state index is 13.5. The van der Waals surface area contributed by atoms with Crippen LogP contribution in [0, 0.1) is 6.92 Å². The molecule has 3 rings (SSSR count). The molecule has 0 bridgehead atoms. The summed E-state index contributed by atoms with van der Waals surface area (Å²) in [6.07, 6.45) is 0. The Labute approximate surface area is 164 Å². The number of anilines is 1. The minimum Gasteiger partial charge on any atom is -0.427 e. The van der Waals surface area contributed by atoms with E-state index in [1.165, 1.54) is 0 Å². The van der Waals surface area contributed by atoms with Gasteiger partial charge in [0.2, 0.25) is 0 Å². The van der Waals surface area contributed by atoms with Gasteiger partial charge < -0.3 is 18.7 Å². The molecule has 0 saturated heterocycles. The van der Waals surface area contributed by atoms with Gasteiger partial charge in [-0.05, 0) is 50.3 Å². The number of hydrogen-bond acceptors (Lipinski definition) is 6. The zero-order valence-electron chi connectivity index (χ0n) is 15.5. The minimum absolute atomic E-state index is 0.223. The molecule has 0 amide bonds. The summed E-state index contributed by atoms with van der Waals surface area (Å²) in [7, 11) is -3.64. The minimum atomic E-state index is -3.64. The lowest BCUT2D eigenvalue weighted by Gasteiger charge is -2.29. The van der Waals surface area contributed by atoms with E-state index in [1.807, 2.05) is 55.5 Å². The van der Waals surface area contributed by atoms with Crippen molar-refractivity contribution in [2.75, 3.05) is 18.3 Å². The predicted octanol–water partition coefficient (Wildman–Crippen LogP) is 6.01. The van der Waals surface area contributed by atoms with Crippen LogP contribution in [-0.4, -0.2) is 13.2 Å². The Kier molecular flexibility index (Phi) is 6.42. The first-order valence-corrected chi connectivity index (χ1v) is 12.9. The molecular weight excluding hydrogens is 404 g/mol. The first-order valence-electron chi connectivity index (χ1n) is 8.70. The number of benzene rings is 2. The number of hydrogen-bond donors (Lipinski definition) is 1. The van der Waals surface area contributed by atoms with Gasteiger partial charge in [-0.2, -0.15) is 0 Å². The summed E-state index contributed by atoms with van der Waals surface area (Å²) >= 11 is 5.63. The molecule has 1 N–H and O–H groups in total. The number of para-hydroxylation sites is 2. The van der Waals surface area contributed by atoms with Gasteiger partial charge in [0.15, 0.2) is 11.6 Å². The highest BCUT2D eigenvalue weighted by atomic mass is 32.5. The number of nitrogens with one attached hydrogen (secondary N) is 1. The molecule has 0 radical (unpaired) electrons. The summed E-state index contributed by atoms with van der Waals surface area (Å²) in [6.45, 7) is 2.96. The maximum absolute atomic E-state index is 13.5. The van der Waals surface area contributed by atoms with Crippen LogP contribution in [0.1, 0.15) is 30.8 Å². The molecule has 2 aromatic carbocycles. The molecule has 6 nitrogen and oxygen atoms in total. The lowest BCUT2D eigenvalue weighted by molar-refractivity contribution is 0.164. The van der Waals surface area contributed by atoms with E-state index >= 15 is 0 Å². The molecule has 1 aliphatic heterocycles.